The monoisotopic (exact) mass is 329 g/mol. The summed E-state index contributed by atoms with van der Waals surface area (Å²) in [6.45, 7) is 0.886. The second kappa shape index (κ2) is 8.45. The highest BCUT2D eigenvalue weighted by atomic mass is 16.5. The Morgan fingerprint density at radius 3 is 2.79 bits per heavy atom. The Morgan fingerprint density at radius 2 is 2.00 bits per heavy atom. The van der Waals surface area contributed by atoms with Crippen LogP contribution in [0.2, 0.25) is 0 Å². The lowest BCUT2D eigenvalue weighted by molar-refractivity contribution is -0.137. The summed E-state index contributed by atoms with van der Waals surface area (Å²) in [7, 11) is 0. The van der Waals surface area contributed by atoms with Gasteiger partial charge in [0.25, 0.3) is 0 Å². The predicted molar refractivity (Wildman–Crippen MR) is 93.7 cm³/mol. The van der Waals surface area contributed by atoms with Gasteiger partial charge in [-0.1, -0.05) is 42.5 Å². The molecular formula is C20H27NO3. The largest absolute Gasteiger partial charge is 0.481 e. The fourth-order valence-corrected chi connectivity index (χ4v) is 3.93. The number of carbonyl (C=O) groups is 1. The zero-order chi connectivity index (χ0) is 16.8. The van der Waals surface area contributed by atoms with E-state index >= 15 is 0 Å². The van der Waals surface area contributed by atoms with Crippen LogP contribution in [0.1, 0.15) is 44.1 Å². The van der Waals surface area contributed by atoms with Crippen LogP contribution < -0.4 is 5.32 Å². The fraction of sp³-hybridized carbons (Fsp3) is 0.550. The van der Waals surface area contributed by atoms with Crippen molar-refractivity contribution >= 4 is 5.97 Å². The first-order chi connectivity index (χ1) is 11.7. The van der Waals surface area contributed by atoms with E-state index in [9.17, 15) is 4.79 Å². The minimum atomic E-state index is -0.713. The number of unbranched alkanes of at least 4 members (excludes halogenated alkanes) is 1. The number of carboxylic acid groups (broad SMARTS) is 1. The predicted octanol–water partition coefficient (Wildman–Crippen LogP) is 3.52. The Balaban J connectivity index is 1.47. The van der Waals surface area contributed by atoms with Gasteiger partial charge < -0.3 is 15.2 Å². The first-order valence-electron chi connectivity index (χ1n) is 9.03. The van der Waals surface area contributed by atoms with Crippen LogP contribution in [-0.2, 0) is 16.1 Å². The van der Waals surface area contributed by atoms with Crippen molar-refractivity contribution in [3.05, 3.63) is 48.0 Å². The molecule has 1 aromatic carbocycles. The molecule has 2 N–H and O–H groups in total. The van der Waals surface area contributed by atoms with Crippen LogP contribution in [0.25, 0.3) is 0 Å². The Kier molecular flexibility index (Phi) is 6.05. The lowest BCUT2D eigenvalue weighted by Gasteiger charge is -2.28. The normalized spacial score (nSPS) is 28.7. The van der Waals surface area contributed by atoms with Crippen molar-refractivity contribution in [3.8, 4) is 0 Å². The summed E-state index contributed by atoms with van der Waals surface area (Å²) in [5, 5.41) is 12.4. The van der Waals surface area contributed by atoms with Gasteiger partial charge in [0, 0.05) is 24.9 Å². The number of allylic oxidation sites excluding steroid dienone is 2. The number of ether oxygens (including phenoxy) is 1. The molecule has 2 heterocycles. The quantitative estimate of drug-likeness (QED) is 0.537. The Labute approximate surface area is 143 Å². The fourth-order valence-electron chi connectivity index (χ4n) is 3.93. The summed E-state index contributed by atoms with van der Waals surface area (Å²) < 4.78 is 6.12. The Bertz CT molecular complexity index is 557. The van der Waals surface area contributed by atoms with E-state index in [0.717, 1.165) is 32.2 Å². The molecule has 2 aliphatic heterocycles. The molecule has 130 valence electrons. The van der Waals surface area contributed by atoms with Gasteiger partial charge in [-0.05, 0) is 37.7 Å². The van der Waals surface area contributed by atoms with Crippen molar-refractivity contribution in [1.82, 2.24) is 5.32 Å². The summed E-state index contributed by atoms with van der Waals surface area (Å²) in [6, 6.07) is 10.9. The highest BCUT2D eigenvalue weighted by molar-refractivity contribution is 5.66. The zero-order valence-corrected chi connectivity index (χ0v) is 14.1. The van der Waals surface area contributed by atoms with Crippen molar-refractivity contribution in [2.75, 3.05) is 0 Å². The molecule has 4 nitrogen and oxygen atoms in total. The molecule has 0 amide bonds. The molecule has 0 radical (unpaired) electrons. The van der Waals surface area contributed by atoms with Crippen LogP contribution in [0, 0.1) is 5.92 Å². The maximum absolute atomic E-state index is 10.5. The number of carboxylic acids is 1. The number of aliphatic carboxylic acids is 1. The summed E-state index contributed by atoms with van der Waals surface area (Å²) in [5.74, 6) is -0.182. The third-order valence-electron chi connectivity index (χ3n) is 5.15. The molecule has 4 heteroatoms. The van der Waals surface area contributed by atoms with Crippen molar-refractivity contribution in [2.24, 2.45) is 5.92 Å². The minimum Gasteiger partial charge on any atom is -0.481 e. The van der Waals surface area contributed by atoms with Crippen LogP contribution in [-0.4, -0.2) is 29.3 Å². The van der Waals surface area contributed by atoms with Crippen LogP contribution in [0.4, 0.5) is 0 Å². The van der Waals surface area contributed by atoms with Gasteiger partial charge in [0.05, 0.1) is 12.2 Å². The first-order valence-corrected chi connectivity index (χ1v) is 9.03. The number of nitrogens with one attached hydrogen (secondary N) is 1. The van der Waals surface area contributed by atoms with Crippen molar-refractivity contribution in [1.29, 1.82) is 0 Å². The van der Waals surface area contributed by atoms with E-state index in [1.54, 1.807) is 0 Å². The first kappa shape index (κ1) is 17.2. The van der Waals surface area contributed by atoms with Gasteiger partial charge in [0.2, 0.25) is 0 Å². The molecule has 0 aliphatic carbocycles. The van der Waals surface area contributed by atoms with Crippen LogP contribution in [0.15, 0.2) is 42.5 Å². The van der Waals surface area contributed by atoms with Gasteiger partial charge >= 0.3 is 5.97 Å². The second-order valence-corrected chi connectivity index (χ2v) is 6.84. The second-order valence-electron chi connectivity index (χ2n) is 6.84. The van der Waals surface area contributed by atoms with E-state index in [-0.39, 0.29) is 6.42 Å². The lowest BCUT2D eigenvalue weighted by atomic mass is 9.82. The molecular weight excluding hydrogens is 302 g/mol. The molecule has 4 atom stereocenters. The van der Waals surface area contributed by atoms with Crippen molar-refractivity contribution < 1.29 is 14.6 Å². The molecule has 0 aromatic heterocycles. The molecule has 0 spiro atoms. The van der Waals surface area contributed by atoms with Gasteiger partial charge in [0.15, 0.2) is 0 Å². The average Bonchev–Trinajstić information content (AvgIpc) is 3.18. The van der Waals surface area contributed by atoms with Crippen molar-refractivity contribution in [3.63, 3.8) is 0 Å². The van der Waals surface area contributed by atoms with E-state index in [0.29, 0.717) is 24.2 Å². The van der Waals surface area contributed by atoms with Gasteiger partial charge in [-0.2, -0.15) is 0 Å². The van der Waals surface area contributed by atoms with Gasteiger partial charge in [-0.3, -0.25) is 4.79 Å². The standard InChI is InChI=1S/C20H27NO3/c22-19(23)11-7-2-1-6-10-16-17-12-13-18(24-17)20(16)21-14-15-8-4-3-5-9-15/h1,3-6,8-9,16-18,20-21H,2,7,10-14H2,(H,22,23)/t16-,17+,18-,20+/m0/s1. The van der Waals surface area contributed by atoms with Crippen LogP contribution in [0.3, 0.4) is 0 Å². The summed E-state index contributed by atoms with van der Waals surface area (Å²) in [5.41, 5.74) is 1.31. The van der Waals surface area contributed by atoms with Crippen LogP contribution >= 0.6 is 0 Å². The van der Waals surface area contributed by atoms with Gasteiger partial charge in [-0.25, -0.2) is 0 Å². The molecule has 2 fully saturated rings. The molecule has 0 unspecified atom stereocenters. The Hall–Kier alpha value is -1.65. The molecule has 24 heavy (non-hydrogen) atoms. The third-order valence-corrected chi connectivity index (χ3v) is 5.15. The number of fused-ring (bicyclic) bond motifs is 2. The number of hydrogen-bond acceptors (Lipinski definition) is 3. The topological polar surface area (TPSA) is 58.6 Å². The van der Waals surface area contributed by atoms with Gasteiger partial charge in [-0.15, -0.1) is 0 Å². The highest BCUT2D eigenvalue weighted by Gasteiger charge is 2.47. The Morgan fingerprint density at radius 1 is 1.21 bits per heavy atom. The summed E-state index contributed by atoms with van der Waals surface area (Å²) in [6.07, 6.45) is 10.2. The third kappa shape index (κ3) is 4.46. The molecule has 0 saturated carbocycles. The SMILES string of the molecule is O=C(O)CCCC=CC[C@@H]1[C@@H](NCc2ccccc2)[C@@H]2CC[C@H]1O2. The van der Waals surface area contributed by atoms with E-state index in [2.05, 4.69) is 41.7 Å². The van der Waals surface area contributed by atoms with E-state index in [1.165, 1.54) is 12.0 Å². The number of hydrogen-bond donors (Lipinski definition) is 2. The van der Waals surface area contributed by atoms with Crippen LogP contribution in [0.5, 0.6) is 0 Å². The minimum absolute atomic E-state index is 0.253. The smallest absolute Gasteiger partial charge is 0.303 e. The maximum atomic E-state index is 10.5. The van der Waals surface area contributed by atoms with Crippen molar-refractivity contribution in [2.45, 2.75) is 63.3 Å². The average molecular weight is 329 g/mol. The molecule has 2 bridgehead atoms. The maximum Gasteiger partial charge on any atom is 0.303 e. The summed E-state index contributed by atoms with van der Waals surface area (Å²) in [4.78, 5) is 10.5. The van der Waals surface area contributed by atoms with E-state index in [4.69, 9.17) is 9.84 Å². The van der Waals surface area contributed by atoms with E-state index < -0.39 is 5.97 Å². The number of benzene rings is 1. The van der Waals surface area contributed by atoms with E-state index in [1.807, 2.05) is 6.07 Å². The molecule has 3 rings (SSSR count). The molecule has 2 saturated heterocycles. The number of rotatable bonds is 9. The highest BCUT2D eigenvalue weighted by Crippen LogP contribution is 2.41. The van der Waals surface area contributed by atoms with Gasteiger partial charge in [0.1, 0.15) is 0 Å². The lowest BCUT2D eigenvalue weighted by Crippen LogP contribution is -2.43. The molecule has 2 aliphatic rings. The summed E-state index contributed by atoms with van der Waals surface area (Å²) >= 11 is 0. The molecule has 1 aromatic rings. The zero-order valence-electron chi connectivity index (χ0n) is 14.1.